The van der Waals surface area contributed by atoms with Gasteiger partial charge in [0.1, 0.15) is 11.6 Å². The molecule has 3 heterocycles. The van der Waals surface area contributed by atoms with Crippen LogP contribution in [0.3, 0.4) is 0 Å². The van der Waals surface area contributed by atoms with Gasteiger partial charge in [0.2, 0.25) is 15.9 Å². The Kier molecular flexibility index (Phi) is 7.09. The van der Waals surface area contributed by atoms with Crippen molar-refractivity contribution in [1.29, 1.82) is 0 Å². The number of hydrogen-bond donors (Lipinski definition) is 0. The summed E-state index contributed by atoms with van der Waals surface area (Å²) in [5.41, 5.74) is 3.27. The average Bonchev–Trinajstić information content (AvgIpc) is 3.54. The molecule has 1 aromatic carbocycles. The van der Waals surface area contributed by atoms with E-state index in [2.05, 4.69) is 16.6 Å². The highest BCUT2D eigenvalue weighted by Gasteiger charge is 2.28. The first-order valence-electron chi connectivity index (χ1n) is 11.9. The van der Waals surface area contributed by atoms with Crippen molar-refractivity contribution in [1.82, 2.24) is 23.9 Å². The van der Waals surface area contributed by atoms with E-state index >= 15 is 0 Å². The molecule has 4 rings (SSSR count). The molecule has 0 saturated carbocycles. The van der Waals surface area contributed by atoms with Gasteiger partial charge in [0.05, 0.1) is 28.2 Å². The van der Waals surface area contributed by atoms with Crippen LogP contribution < -0.4 is 0 Å². The summed E-state index contributed by atoms with van der Waals surface area (Å²) in [4.78, 5) is 19.5. The number of rotatable bonds is 9. The molecule has 1 amide bonds. The Morgan fingerprint density at radius 3 is 2.59 bits per heavy atom. The molecule has 1 aliphatic heterocycles. The number of aromatic nitrogens is 3. The molecule has 10 heteroatoms. The van der Waals surface area contributed by atoms with E-state index in [0.29, 0.717) is 38.0 Å². The molecule has 0 aliphatic carbocycles. The first-order chi connectivity index (χ1) is 16.2. The van der Waals surface area contributed by atoms with E-state index < -0.39 is 10.0 Å². The third-order valence-corrected chi connectivity index (χ3v) is 8.41. The van der Waals surface area contributed by atoms with Crippen LogP contribution in [0.1, 0.15) is 55.4 Å². The van der Waals surface area contributed by atoms with E-state index in [1.807, 2.05) is 19.9 Å². The molecular formula is C24H33N5O4S. The first kappa shape index (κ1) is 24.4. The minimum Gasteiger partial charge on any atom is -0.361 e. The summed E-state index contributed by atoms with van der Waals surface area (Å²) in [6.45, 7) is 8.15. The zero-order valence-corrected chi connectivity index (χ0v) is 21.2. The number of benzene rings is 1. The zero-order chi connectivity index (χ0) is 24.5. The maximum Gasteiger partial charge on any atom is 0.243 e. The Morgan fingerprint density at radius 1 is 1.21 bits per heavy atom. The quantitative estimate of drug-likeness (QED) is 0.458. The Balaban J connectivity index is 1.53. The number of aryl methyl sites for hydroxylation is 4. The van der Waals surface area contributed by atoms with Crippen LogP contribution in [0, 0.1) is 13.8 Å². The van der Waals surface area contributed by atoms with Crippen molar-refractivity contribution in [3.05, 3.63) is 41.0 Å². The molecule has 1 saturated heterocycles. The lowest BCUT2D eigenvalue weighted by atomic mass is 10.2. The maximum atomic E-state index is 13.0. The molecule has 184 valence electrons. The smallest absolute Gasteiger partial charge is 0.243 e. The van der Waals surface area contributed by atoms with E-state index in [-0.39, 0.29) is 10.8 Å². The second-order valence-electron chi connectivity index (χ2n) is 8.99. The highest BCUT2D eigenvalue weighted by atomic mass is 32.2. The van der Waals surface area contributed by atoms with E-state index in [0.717, 1.165) is 54.2 Å². The van der Waals surface area contributed by atoms with E-state index in [1.54, 1.807) is 28.4 Å². The van der Waals surface area contributed by atoms with Crippen LogP contribution in [-0.4, -0.2) is 58.4 Å². The molecule has 0 atom stereocenters. The number of sulfonamides is 1. The molecular weight excluding hydrogens is 454 g/mol. The van der Waals surface area contributed by atoms with Crippen LogP contribution >= 0.6 is 0 Å². The van der Waals surface area contributed by atoms with Crippen molar-refractivity contribution in [2.45, 2.75) is 70.9 Å². The fourth-order valence-corrected chi connectivity index (χ4v) is 6.06. The molecule has 1 aliphatic rings. The van der Waals surface area contributed by atoms with Crippen LogP contribution in [0.4, 0.5) is 0 Å². The van der Waals surface area contributed by atoms with E-state index in [4.69, 9.17) is 9.51 Å². The van der Waals surface area contributed by atoms with E-state index in [9.17, 15) is 13.2 Å². The number of fused-ring (bicyclic) bond motifs is 1. The normalized spacial score (nSPS) is 14.8. The SMILES string of the molecule is CCCn1c(CCC(=O)N(C)Cc2c(C)noc2C)nc2cc(S(=O)(=O)N3CCCC3)ccc21. The Labute approximate surface area is 200 Å². The predicted octanol–water partition coefficient (Wildman–Crippen LogP) is 3.43. The van der Waals surface area contributed by atoms with Crippen LogP contribution in [0.15, 0.2) is 27.6 Å². The second-order valence-corrected chi connectivity index (χ2v) is 10.9. The lowest BCUT2D eigenvalue weighted by Gasteiger charge is -2.17. The molecule has 0 spiro atoms. The Morgan fingerprint density at radius 2 is 1.94 bits per heavy atom. The molecule has 34 heavy (non-hydrogen) atoms. The van der Waals surface area contributed by atoms with Gasteiger partial charge in [-0.3, -0.25) is 4.79 Å². The zero-order valence-electron chi connectivity index (χ0n) is 20.4. The fraction of sp³-hybridized carbons (Fsp3) is 0.542. The van der Waals surface area contributed by atoms with Crippen molar-refractivity contribution in [3.63, 3.8) is 0 Å². The third kappa shape index (κ3) is 4.74. The first-order valence-corrected chi connectivity index (χ1v) is 13.3. The molecule has 0 radical (unpaired) electrons. The molecule has 9 nitrogen and oxygen atoms in total. The van der Waals surface area contributed by atoms with Crippen molar-refractivity contribution in [3.8, 4) is 0 Å². The molecule has 0 N–H and O–H groups in total. The highest BCUT2D eigenvalue weighted by Crippen LogP contribution is 2.26. The van der Waals surface area contributed by atoms with Gasteiger partial charge < -0.3 is 14.0 Å². The summed E-state index contributed by atoms with van der Waals surface area (Å²) in [5.74, 6) is 1.53. The predicted molar refractivity (Wildman–Crippen MR) is 129 cm³/mol. The fourth-order valence-electron chi connectivity index (χ4n) is 4.52. The number of carbonyl (C=O) groups excluding carboxylic acids is 1. The van der Waals surface area contributed by atoms with Gasteiger partial charge in [-0.2, -0.15) is 4.31 Å². The van der Waals surface area contributed by atoms with Gasteiger partial charge in [-0.15, -0.1) is 0 Å². The van der Waals surface area contributed by atoms with Crippen molar-refractivity contribution in [2.75, 3.05) is 20.1 Å². The van der Waals surface area contributed by atoms with Crippen LogP contribution in [-0.2, 0) is 34.3 Å². The van der Waals surface area contributed by atoms with Crippen molar-refractivity contribution >= 4 is 27.0 Å². The molecule has 0 bridgehead atoms. The van der Waals surface area contributed by atoms with Crippen molar-refractivity contribution < 1.29 is 17.7 Å². The Hall–Kier alpha value is -2.72. The number of imidazole rings is 1. The summed E-state index contributed by atoms with van der Waals surface area (Å²) < 4.78 is 34.8. The third-order valence-electron chi connectivity index (χ3n) is 6.51. The average molecular weight is 488 g/mol. The van der Waals surface area contributed by atoms with Gasteiger partial charge in [0.15, 0.2) is 0 Å². The topological polar surface area (TPSA) is 102 Å². The molecule has 3 aromatic rings. The van der Waals surface area contributed by atoms with Gasteiger partial charge >= 0.3 is 0 Å². The number of amides is 1. The minimum atomic E-state index is -3.50. The monoisotopic (exact) mass is 487 g/mol. The van der Waals surface area contributed by atoms with Crippen LogP contribution in [0.2, 0.25) is 0 Å². The standard InChI is InChI=1S/C24H33N5O4S/c1-5-12-29-22-9-8-19(34(31,32)28-13-6-7-14-28)15-21(22)25-23(29)10-11-24(30)27(4)16-20-17(2)26-33-18(20)3/h8-9,15H,5-7,10-14,16H2,1-4H3. The largest absolute Gasteiger partial charge is 0.361 e. The van der Waals surface area contributed by atoms with E-state index in [1.165, 1.54) is 0 Å². The lowest BCUT2D eigenvalue weighted by molar-refractivity contribution is -0.130. The molecule has 0 unspecified atom stereocenters. The summed E-state index contributed by atoms with van der Waals surface area (Å²) in [6.07, 6.45) is 3.50. The molecule has 2 aromatic heterocycles. The molecule has 1 fully saturated rings. The minimum absolute atomic E-state index is 0.00686. The van der Waals surface area contributed by atoms with Gasteiger partial charge in [-0.05, 0) is 51.3 Å². The van der Waals surface area contributed by atoms with Gasteiger partial charge in [0, 0.05) is 45.1 Å². The Bertz CT molecular complexity index is 1270. The number of hydrogen-bond acceptors (Lipinski definition) is 6. The van der Waals surface area contributed by atoms with Gasteiger partial charge in [-0.1, -0.05) is 12.1 Å². The summed E-state index contributed by atoms with van der Waals surface area (Å²) in [7, 11) is -1.73. The van der Waals surface area contributed by atoms with Crippen molar-refractivity contribution in [2.24, 2.45) is 0 Å². The number of nitrogens with zero attached hydrogens (tertiary/aromatic N) is 5. The van der Waals surface area contributed by atoms with Gasteiger partial charge in [-0.25, -0.2) is 13.4 Å². The van der Waals surface area contributed by atoms with Crippen LogP contribution in [0.5, 0.6) is 0 Å². The number of carbonyl (C=O) groups is 1. The second kappa shape index (κ2) is 9.87. The summed E-state index contributed by atoms with van der Waals surface area (Å²) in [6, 6.07) is 5.19. The maximum absolute atomic E-state index is 13.0. The summed E-state index contributed by atoms with van der Waals surface area (Å²) in [5, 5.41) is 3.96. The van der Waals surface area contributed by atoms with Crippen LogP contribution in [0.25, 0.3) is 11.0 Å². The summed E-state index contributed by atoms with van der Waals surface area (Å²) >= 11 is 0. The van der Waals surface area contributed by atoms with Gasteiger partial charge in [0.25, 0.3) is 0 Å². The highest BCUT2D eigenvalue weighted by molar-refractivity contribution is 7.89. The lowest BCUT2D eigenvalue weighted by Crippen LogP contribution is -2.27.